The van der Waals surface area contributed by atoms with Gasteiger partial charge in [0.05, 0.1) is 7.11 Å². The van der Waals surface area contributed by atoms with Gasteiger partial charge in [-0.2, -0.15) is 0 Å². The molecule has 4 nitrogen and oxygen atoms in total. The average molecular weight is 284 g/mol. The molecule has 1 aromatic carbocycles. The Morgan fingerprint density at radius 3 is 2.76 bits per heavy atom. The van der Waals surface area contributed by atoms with Gasteiger partial charge in [-0.15, -0.1) is 0 Å². The SMILES string of the molecule is COc1ncccc1O[C@H](c1ccccc1)[C@@H]1CCNC1. The van der Waals surface area contributed by atoms with Crippen molar-refractivity contribution in [3.8, 4) is 11.6 Å². The molecule has 1 aliphatic rings. The summed E-state index contributed by atoms with van der Waals surface area (Å²) in [4.78, 5) is 4.21. The van der Waals surface area contributed by atoms with Gasteiger partial charge in [0.2, 0.25) is 0 Å². The van der Waals surface area contributed by atoms with Crippen LogP contribution in [-0.2, 0) is 0 Å². The summed E-state index contributed by atoms with van der Waals surface area (Å²) in [7, 11) is 1.61. The van der Waals surface area contributed by atoms with Crippen molar-refractivity contribution in [3.63, 3.8) is 0 Å². The summed E-state index contributed by atoms with van der Waals surface area (Å²) in [6.07, 6.45) is 2.84. The van der Waals surface area contributed by atoms with Crippen LogP contribution in [0.5, 0.6) is 11.6 Å². The topological polar surface area (TPSA) is 43.4 Å². The highest BCUT2D eigenvalue weighted by Gasteiger charge is 2.28. The van der Waals surface area contributed by atoms with Crippen LogP contribution in [-0.4, -0.2) is 25.2 Å². The van der Waals surface area contributed by atoms with Crippen molar-refractivity contribution in [2.45, 2.75) is 12.5 Å². The molecule has 0 unspecified atom stereocenters. The minimum absolute atomic E-state index is 0.0132. The van der Waals surface area contributed by atoms with Crippen LogP contribution in [0.3, 0.4) is 0 Å². The average Bonchev–Trinajstić information content (AvgIpc) is 3.08. The Bertz CT molecular complexity index is 568. The van der Waals surface area contributed by atoms with Gasteiger partial charge in [-0.1, -0.05) is 30.3 Å². The van der Waals surface area contributed by atoms with E-state index in [0.29, 0.717) is 17.5 Å². The summed E-state index contributed by atoms with van der Waals surface area (Å²) in [6.45, 7) is 2.02. The van der Waals surface area contributed by atoms with Crippen LogP contribution in [0.2, 0.25) is 0 Å². The molecule has 0 bridgehead atoms. The van der Waals surface area contributed by atoms with Crippen LogP contribution in [0.4, 0.5) is 0 Å². The van der Waals surface area contributed by atoms with Crippen LogP contribution in [0.25, 0.3) is 0 Å². The summed E-state index contributed by atoms with van der Waals surface area (Å²) in [5.74, 6) is 1.68. The van der Waals surface area contributed by atoms with Crippen LogP contribution in [0, 0.1) is 5.92 Å². The quantitative estimate of drug-likeness (QED) is 0.917. The predicted molar refractivity (Wildman–Crippen MR) is 81.6 cm³/mol. The molecule has 110 valence electrons. The maximum atomic E-state index is 6.28. The van der Waals surface area contributed by atoms with E-state index in [9.17, 15) is 0 Å². The van der Waals surface area contributed by atoms with Gasteiger partial charge in [-0.25, -0.2) is 4.98 Å². The van der Waals surface area contributed by atoms with Crippen molar-refractivity contribution in [1.82, 2.24) is 10.3 Å². The van der Waals surface area contributed by atoms with Gasteiger partial charge in [-0.05, 0) is 30.7 Å². The Balaban J connectivity index is 1.88. The molecule has 3 rings (SSSR count). The van der Waals surface area contributed by atoms with Crippen molar-refractivity contribution in [2.75, 3.05) is 20.2 Å². The molecular formula is C17H20N2O2. The highest BCUT2D eigenvalue weighted by Crippen LogP contribution is 2.35. The van der Waals surface area contributed by atoms with Crippen LogP contribution >= 0.6 is 0 Å². The maximum Gasteiger partial charge on any atom is 0.256 e. The molecule has 0 spiro atoms. The second kappa shape index (κ2) is 6.59. The van der Waals surface area contributed by atoms with E-state index < -0.39 is 0 Å². The number of pyridine rings is 1. The van der Waals surface area contributed by atoms with E-state index in [2.05, 4.69) is 34.6 Å². The summed E-state index contributed by atoms with van der Waals surface area (Å²) in [6, 6.07) is 14.1. The zero-order valence-electron chi connectivity index (χ0n) is 12.2. The lowest BCUT2D eigenvalue weighted by molar-refractivity contribution is 0.138. The van der Waals surface area contributed by atoms with E-state index in [0.717, 1.165) is 19.5 Å². The molecule has 2 heterocycles. The Morgan fingerprint density at radius 2 is 2.05 bits per heavy atom. The fourth-order valence-corrected chi connectivity index (χ4v) is 2.77. The Morgan fingerprint density at radius 1 is 1.19 bits per heavy atom. The van der Waals surface area contributed by atoms with Crippen molar-refractivity contribution in [3.05, 3.63) is 54.2 Å². The number of nitrogens with one attached hydrogen (secondary N) is 1. The molecule has 0 aliphatic carbocycles. The first-order chi connectivity index (χ1) is 10.4. The lowest BCUT2D eigenvalue weighted by atomic mass is 9.95. The zero-order chi connectivity index (χ0) is 14.5. The number of benzene rings is 1. The zero-order valence-corrected chi connectivity index (χ0v) is 12.2. The number of ether oxygens (including phenoxy) is 2. The van der Waals surface area contributed by atoms with E-state index in [1.54, 1.807) is 13.3 Å². The first-order valence-electron chi connectivity index (χ1n) is 7.30. The predicted octanol–water partition coefficient (Wildman–Crippen LogP) is 2.82. The van der Waals surface area contributed by atoms with Crippen LogP contribution in [0.15, 0.2) is 48.7 Å². The molecule has 1 saturated heterocycles. The summed E-state index contributed by atoms with van der Waals surface area (Å²) < 4.78 is 11.6. The van der Waals surface area contributed by atoms with Crippen LogP contribution < -0.4 is 14.8 Å². The molecule has 0 radical (unpaired) electrons. The Kier molecular flexibility index (Phi) is 4.36. The summed E-state index contributed by atoms with van der Waals surface area (Å²) in [5, 5.41) is 3.41. The fourth-order valence-electron chi connectivity index (χ4n) is 2.77. The molecule has 1 N–H and O–H groups in total. The van der Waals surface area contributed by atoms with Crippen LogP contribution in [0.1, 0.15) is 18.1 Å². The second-order valence-electron chi connectivity index (χ2n) is 5.21. The molecule has 0 saturated carbocycles. The van der Waals surface area contributed by atoms with E-state index in [-0.39, 0.29) is 6.10 Å². The van der Waals surface area contributed by atoms with Gasteiger partial charge in [0.1, 0.15) is 6.10 Å². The third-order valence-corrected chi connectivity index (χ3v) is 3.84. The minimum Gasteiger partial charge on any atom is -0.480 e. The monoisotopic (exact) mass is 284 g/mol. The Hall–Kier alpha value is -2.07. The van der Waals surface area contributed by atoms with Gasteiger partial charge >= 0.3 is 0 Å². The number of hydrogen-bond acceptors (Lipinski definition) is 4. The number of aromatic nitrogens is 1. The van der Waals surface area contributed by atoms with Crippen molar-refractivity contribution in [1.29, 1.82) is 0 Å². The standard InChI is InChI=1S/C17H20N2O2/c1-20-17-15(8-5-10-19-17)21-16(14-9-11-18-12-14)13-6-3-2-4-7-13/h2-8,10,14,16,18H,9,11-12H2,1H3/t14-,16-/m1/s1. The maximum absolute atomic E-state index is 6.28. The first-order valence-corrected chi connectivity index (χ1v) is 7.30. The molecule has 1 aromatic heterocycles. The summed E-state index contributed by atoms with van der Waals surface area (Å²) >= 11 is 0. The lowest BCUT2D eigenvalue weighted by Crippen LogP contribution is -2.21. The fraction of sp³-hybridized carbons (Fsp3) is 0.353. The molecule has 1 aliphatic heterocycles. The molecule has 21 heavy (non-hydrogen) atoms. The molecule has 4 heteroatoms. The minimum atomic E-state index is 0.0132. The van der Waals surface area contributed by atoms with Gasteiger partial charge in [0.15, 0.2) is 5.75 Å². The smallest absolute Gasteiger partial charge is 0.256 e. The third-order valence-electron chi connectivity index (χ3n) is 3.84. The van der Waals surface area contributed by atoms with Crippen molar-refractivity contribution < 1.29 is 9.47 Å². The molecule has 0 amide bonds. The number of nitrogens with zero attached hydrogens (tertiary/aromatic N) is 1. The molecule has 1 fully saturated rings. The molecule has 2 aromatic rings. The lowest BCUT2D eigenvalue weighted by Gasteiger charge is -2.25. The molecule has 2 atom stereocenters. The highest BCUT2D eigenvalue weighted by molar-refractivity contribution is 5.33. The van der Waals surface area contributed by atoms with E-state index >= 15 is 0 Å². The third kappa shape index (κ3) is 3.16. The highest BCUT2D eigenvalue weighted by atomic mass is 16.5. The largest absolute Gasteiger partial charge is 0.480 e. The normalized spacial score (nSPS) is 19.2. The molecular weight excluding hydrogens is 264 g/mol. The Labute approximate surface area is 125 Å². The summed E-state index contributed by atoms with van der Waals surface area (Å²) in [5.41, 5.74) is 1.19. The number of methoxy groups -OCH3 is 1. The second-order valence-corrected chi connectivity index (χ2v) is 5.21. The van der Waals surface area contributed by atoms with Gasteiger partial charge in [0, 0.05) is 18.7 Å². The first kappa shape index (κ1) is 13.9. The number of rotatable bonds is 5. The van der Waals surface area contributed by atoms with Crippen molar-refractivity contribution >= 4 is 0 Å². The van der Waals surface area contributed by atoms with Crippen molar-refractivity contribution in [2.24, 2.45) is 5.92 Å². The van der Waals surface area contributed by atoms with E-state index in [4.69, 9.17) is 9.47 Å². The van der Waals surface area contributed by atoms with E-state index in [1.165, 1.54) is 5.56 Å². The van der Waals surface area contributed by atoms with E-state index in [1.807, 2.05) is 18.2 Å². The van der Waals surface area contributed by atoms with Gasteiger partial charge in [-0.3, -0.25) is 0 Å². The van der Waals surface area contributed by atoms with Gasteiger partial charge < -0.3 is 14.8 Å². The number of hydrogen-bond donors (Lipinski definition) is 1. The van der Waals surface area contributed by atoms with Gasteiger partial charge in [0.25, 0.3) is 5.88 Å².